The van der Waals surface area contributed by atoms with Gasteiger partial charge in [0, 0.05) is 26.0 Å². The quantitative estimate of drug-likeness (QED) is 0.410. The summed E-state index contributed by atoms with van der Waals surface area (Å²) in [5, 5.41) is 2.94. The molecule has 1 rings (SSSR count). The molecule has 1 heterocycles. The van der Waals surface area contributed by atoms with Crippen molar-refractivity contribution in [3.63, 3.8) is 0 Å². The van der Waals surface area contributed by atoms with E-state index < -0.39 is 0 Å². The highest BCUT2D eigenvalue weighted by Crippen LogP contribution is 1.96. The predicted octanol–water partition coefficient (Wildman–Crippen LogP) is 0.132. The van der Waals surface area contributed by atoms with Crippen LogP contribution in [0.5, 0.6) is 0 Å². The standard InChI is InChI=1S/C10H16N4O/c1-15-6-5-13-10(11)14-8-9-3-2-4-12-7-9/h2-4,7H,5-6,8H2,1H3,(H3,11,13,14). The Morgan fingerprint density at radius 1 is 1.67 bits per heavy atom. The zero-order valence-corrected chi connectivity index (χ0v) is 8.81. The van der Waals surface area contributed by atoms with Crippen LogP contribution in [0.3, 0.4) is 0 Å². The van der Waals surface area contributed by atoms with Gasteiger partial charge in [-0.05, 0) is 11.6 Å². The van der Waals surface area contributed by atoms with Crippen molar-refractivity contribution in [2.45, 2.75) is 6.54 Å². The lowest BCUT2D eigenvalue weighted by molar-refractivity contribution is 0.204. The number of hydrogen-bond acceptors (Lipinski definition) is 3. The number of rotatable bonds is 5. The second-order valence-electron chi connectivity index (χ2n) is 2.98. The maximum Gasteiger partial charge on any atom is 0.188 e. The zero-order valence-electron chi connectivity index (χ0n) is 8.81. The fraction of sp³-hybridized carbons (Fsp3) is 0.400. The largest absolute Gasteiger partial charge is 0.383 e. The molecule has 82 valence electrons. The van der Waals surface area contributed by atoms with Crippen molar-refractivity contribution in [3.8, 4) is 0 Å². The lowest BCUT2D eigenvalue weighted by atomic mass is 10.3. The van der Waals surface area contributed by atoms with Crippen LogP contribution in [0.25, 0.3) is 0 Å². The molecule has 1 aromatic heterocycles. The molecule has 0 radical (unpaired) electrons. The third-order valence-electron chi connectivity index (χ3n) is 1.77. The van der Waals surface area contributed by atoms with Crippen LogP contribution >= 0.6 is 0 Å². The van der Waals surface area contributed by atoms with Crippen LogP contribution in [0.4, 0.5) is 0 Å². The number of ether oxygens (including phenoxy) is 1. The molecule has 0 atom stereocenters. The lowest BCUT2D eigenvalue weighted by Crippen LogP contribution is -2.34. The van der Waals surface area contributed by atoms with Crippen molar-refractivity contribution >= 4 is 5.96 Å². The average molecular weight is 208 g/mol. The van der Waals surface area contributed by atoms with Crippen LogP contribution < -0.4 is 11.1 Å². The summed E-state index contributed by atoms with van der Waals surface area (Å²) in [5.41, 5.74) is 6.66. The van der Waals surface area contributed by atoms with Gasteiger partial charge < -0.3 is 15.8 Å². The Labute approximate surface area is 89.4 Å². The van der Waals surface area contributed by atoms with E-state index in [0.29, 0.717) is 25.7 Å². The Morgan fingerprint density at radius 2 is 2.53 bits per heavy atom. The summed E-state index contributed by atoms with van der Waals surface area (Å²) in [6.45, 7) is 1.82. The summed E-state index contributed by atoms with van der Waals surface area (Å²) in [6, 6.07) is 3.83. The highest BCUT2D eigenvalue weighted by atomic mass is 16.5. The lowest BCUT2D eigenvalue weighted by Gasteiger charge is -2.04. The first-order chi connectivity index (χ1) is 7.33. The van der Waals surface area contributed by atoms with Crippen LogP contribution in [-0.4, -0.2) is 31.2 Å². The number of guanidine groups is 1. The van der Waals surface area contributed by atoms with E-state index in [1.807, 2.05) is 12.1 Å². The number of methoxy groups -OCH3 is 1. The molecule has 0 amide bonds. The molecular weight excluding hydrogens is 192 g/mol. The Kier molecular flexibility index (Phi) is 5.18. The van der Waals surface area contributed by atoms with E-state index in [-0.39, 0.29) is 0 Å². The van der Waals surface area contributed by atoms with Gasteiger partial charge in [0.2, 0.25) is 0 Å². The minimum Gasteiger partial charge on any atom is -0.383 e. The topological polar surface area (TPSA) is 72.5 Å². The van der Waals surface area contributed by atoms with E-state index in [0.717, 1.165) is 5.56 Å². The molecule has 1 aromatic rings. The molecule has 0 unspecified atom stereocenters. The van der Waals surface area contributed by atoms with Gasteiger partial charge in [0.15, 0.2) is 5.96 Å². The molecular formula is C10H16N4O. The Bertz CT molecular complexity index is 300. The molecule has 0 spiro atoms. The molecule has 0 aromatic carbocycles. The second-order valence-corrected chi connectivity index (χ2v) is 2.98. The molecule has 15 heavy (non-hydrogen) atoms. The van der Waals surface area contributed by atoms with Crippen LogP contribution in [-0.2, 0) is 11.3 Å². The van der Waals surface area contributed by atoms with Crippen LogP contribution in [0.2, 0.25) is 0 Å². The van der Waals surface area contributed by atoms with Crippen molar-refractivity contribution in [2.75, 3.05) is 20.3 Å². The van der Waals surface area contributed by atoms with E-state index in [1.165, 1.54) is 0 Å². The molecule has 5 heteroatoms. The van der Waals surface area contributed by atoms with Gasteiger partial charge in [-0.15, -0.1) is 0 Å². The number of aromatic nitrogens is 1. The highest BCUT2D eigenvalue weighted by Gasteiger charge is 1.92. The Balaban J connectivity index is 2.31. The zero-order chi connectivity index (χ0) is 10.9. The minimum atomic E-state index is 0.427. The van der Waals surface area contributed by atoms with E-state index in [4.69, 9.17) is 10.5 Å². The van der Waals surface area contributed by atoms with E-state index in [2.05, 4.69) is 15.3 Å². The summed E-state index contributed by atoms with van der Waals surface area (Å²) in [5.74, 6) is 0.427. The summed E-state index contributed by atoms with van der Waals surface area (Å²) >= 11 is 0. The average Bonchev–Trinajstić information content (AvgIpc) is 2.28. The predicted molar refractivity (Wildman–Crippen MR) is 59.4 cm³/mol. The van der Waals surface area contributed by atoms with Crippen molar-refractivity contribution < 1.29 is 4.74 Å². The molecule has 5 nitrogen and oxygen atoms in total. The third kappa shape index (κ3) is 4.97. The minimum absolute atomic E-state index is 0.427. The van der Waals surface area contributed by atoms with Gasteiger partial charge in [0.25, 0.3) is 0 Å². The first kappa shape index (κ1) is 11.5. The van der Waals surface area contributed by atoms with Gasteiger partial charge in [0.05, 0.1) is 13.2 Å². The molecule has 0 aliphatic heterocycles. The van der Waals surface area contributed by atoms with E-state index in [1.54, 1.807) is 19.5 Å². The number of pyridine rings is 1. The molecule has 0 saturated heterocycles. The maximum atomic E-state index is 5.63. The number of nitrogens with zero attached hydrogens (tertiary/aromatic N) is 2. The van der Waals surface area contributed by atoms with Crippen molar-refractivity contribution in [3.05, 3.63) is 30.1 Å². The molecule has 0 bridgehead atoms. The van der Waals surface area contributed by atoms with Crippen LogP contribution in [0, 0.1) is 0 Å². The number of nitrogens with one attached hydrogen (secondary N) is 1. The van der Waals surface area contributed by atoms with Gasteiger partial charge in [-0.1, -0.05) is 6.07 Å². The second kappa shape index (κ2) is 6.78. The third-order valence-corrected chi connectivity index (χ3v) is 1.77. The maximum absolute atomic E-state index is 5.63. The van der Waals surface area contributed by atoms with Gasteiger partial charge in [0.1, 0.15) is 0 Å². The number of hydrogen-bond donors (Lipinski definition) is 2. The van der Waals surface area contributed by atoms with Crippen molar-refractivity contribution in [1.82, 2.24) is 10.3 Å². The summed E-state index contributed by atoms with van der Waals surface area (Å²) in [4.78, 5) is 8.14. The highest BCUT2D eigenvalue weighted by molar-refractivity contribution is 5.77. The SMILES string of the molecule is COCCNC(N)=NCc1cccnc1. The molecule has 0 saturated carbocycles. The van der Waals surface area contributed by atoms with Crippen molar-refractivity contribution in [2.24, 2.45) is 10.7 Å². The van der Waals surface area contributed by atoms with Gasteiger partial charge >= 0.3 is 0 Å². The smallest absolute Gasteiger partial charge is 0.188 e. The molecule has 0 aliphatic carbocycles. The van der Waals surface area contributed by atoms with E-state index in [9.17, 15) is 0 Å². The van der Waals surface area contributed by atoms with Gasteiger partial charge in [-0.25, -0.2) is 4.99 Å². The molecule has 3 N–H and O–H groups in total. The first-order valence-corrected chi connectivity index (χ1v) is 4.74. The monoisotopic (exact) mass is 208 g/mol. The number of nitrogens with two attached hydrogens (primary N) is 1. The fourth-order valence-corrected chi connectivity index (χ4v) is 1.01. The fourth-order valence-electron chi connectivity index (χ4n) is 1.01. The first-order valence-electron chi connectivity index (χ1n) is 4.74. The number of aliphatic imine (C=N–C) groups is 1. The molecule has 0 fully saturated rings. The normalized spacial score (nSPS) is 11.4. The summed E-state index contributed by atoms with van der Waals surface area (Å²) < 4.78 is 4.87. The Morgan fingerprint density at radius 3 is 3.20 bits per heavy atom. The van der Waals surface area contributed by atoms with Gasteiger partial charge in [-0.2, -0.15) is 0 Å². The molecule has 0 aliphatic rings. The summed E-state index contributed by atoms with van der Waals surface area (Å²) in [7, 11) is 1.64. The van der Waals surface area contributed by atoms with Crippen molar-refractivity contribution in [1.29, 1.82) is 0 Å². The Hall–Kier alpha value is -1.62. The van der Waals surface area contributed by atoms with Crippen LogP contribution in [0.1, 0.15) is 5.56 Å². The van der Waals surface area contributed by atoms with Crippen LogP contribution in [0.15, 0.2) is 29.5 Å². The van der Waals surface area contributed by atoms with E-state index >= 15 is 0 Å². The van der Waals surface area contributed by atoms with Gasteiger partial charge in [-0.3, -0.25) is 4.98 Å². The summed E-state index contributed by atoms with van der Waals surface area (Å²) in [6.07, 6.45) is 3.50.